The largest absolute Gasteiger partial charge is 0.369 e. The molecule has 1 aromatic rings. The Morgan fingerprint density at radius 3 is 2.70 bits per heavy atom. The van der Waals surface area contributed by atoms with Gasteiger partial charge in [0.05, 0.1) is 0 Å². The van der Waals surface area contributed by atoms with Gasteiger partial charge in [0.1, 0.15) is 5.41 Å². The molecule has 0 aromatic heterocycles. The van der Waals surface area contributed by atoms with Crippen LogP contribution in [0.1, 0.15) is 30.7 Å². The molecular weight excluding hydrogens is 276 g/mol. The fourth-order valence-electron chi connectivity index (χ4n) is 2.97. The number of carbonyl (C=O) groups is 2. The summed E-state index contributed by atoms with van der Waals surface area (Å²) in [4.78, 5) is 25.6. The van der Waals surface area contributed by atoms with Crippen molar-refractivity contribution >= 4 is 23.4 Å². The normalized spacial score (nSPS) is 23.6. The van der Waals surface area contributed by atoms with Gasteiger partial charge in [0.15, 0.2) is 0 Å². The highest BCUT2D eigenvalue weighted by atomic mass is 35.5. The van der Waals surface area contributed by atoms with Gasteiger partial charge in [0, 0.05) is 24.0 Å². The van der Waals surface area contributed by atoms with Gasteiger partial charge in [-0.15, -0.1) is 0 Å². The summed E-state index contributed by atoms with van der Waals surface area (Å²) in [6.45, 7) is 1.33. The molecule has 0 spiro atoms. The van der Waals surface area contributed by atoms with Crippen LogP contribution in [0, 0.1) is 5.41 Å². The quantitative estimate of drug-likeness (QED) is 0.865. The standard InChI is InChI=1S/C15H17ClN2O2/c16-12-3-1-2-10(8-12)11-4-7-18(9-11)14(20)15(5-6-15)13(17)19/h1-3,8,11H,4-7,9H2,(H2,17,19)/t11-/m0/s1. The van der Waals surface area contributed by atoms with Crippen LogP contribution in [0.2, 0.25) is 5.02 Å². The molecule has 20 heavy (non-hydrogen) atoms. The van der Waals surface area contributed by atoms with Crippen molar-refractivity contribution < 1.29 is 9.59 Å². The first-order chi connectivity index (χ1) is 9.53. The van der Waals surface area contributed by atoms with E-state index >= 15 is 0 Å². The fourth-order valence-corrected chi connectivity index (χ4v) is 3.17. The molecule has 1 saturated heterocycles. The van der Waals surface area contributed by atoms with Crippen molar-refractivity contribution in [2.45, 2.75) is 25.2 Å². The first kappa shape index (κ1) is 13.4. The molecule has 5 heteroatoms. The van der Waals surface area contributed by atoms with Crippen molar-refractivity contribution in [3.05, 3.63) is 34.9 Å². The van der Waals surface area contributed by atoms with Crippen LogP contribution < -0.4 is 5.73 Å². The molecule has 106 valence electrons. The number of nitrogens with zero attached hydrogens (tertiary/aromatic N) is 1. The Labute approximate surface area is 122 Å². The Balaban J connectivity index is 1.71. The third-order valence-electron chi connectivity index (χ3n) is 4.43. The summed E-state index contributed by atoms with van der Waals surface area (Å²) in [5, 5.41) is 0.711. The number of halogens is 1. The molecule has 2 fully saturated rings. The Kier molecular flexibility index (Phi) is 3.21. The van der Waals surface area contributed by atoms with Gasteiger partial charge in [-0.3, -0.25) is 9.59 Å². The molecule has 0 unspecified atom stereocenters. The molecule has 2 aliphatic rings. The lowest BCUT2D eigenvalue weighted by Crippen LogP contribution is -2.42. The van der Waals surface area contributed by atoms with E-state index in [2.05, 4.69) is 0 Å². The van der Waals surface area contributed by atoms with E-state index in [1.807, 2.05) is 24.3 Å². The van der Waals surface area contributed by atoms with Gasteiger partial charge in [0.2, 0.25) is 11.8 Å². The van der Waals surface area contributed by atoms with Gasteiger partial charge >= 0.3 is 0 Å². The van der Waals surface area contributed by atoms with Crippen LogP contribution in [-0.2, 0) is 9.59 Å². The molecular formula is C15H17ClN2O2. The van der Waals surface area contributed by atoms with Crippen molar-refractivity contribution in [1.82, 2.24) is 4.90 Å². The van der Waals surface area contributed by atoms with Crippen molar-refractivity contribution in [2.24, 2.45) is 11.1 Å². The molecule has 0 bridgehead atoms. The summed E-state index contributed by atoms with van der Waals surface area (Å²) in [6, 6.07) is 7.75. The molecule has 1 aromatic carbocycles. The second-order valence-corrected chi connectivity index (χ2v) is 6.17. The number of primary amides is 1. The van der Waals surface area contributed by atoms with E-state index in [4.69, 9.17) is 17.3 Å². The number of hydrogen-bond acceptors (Lipinski definition) is 2. The third-order valence-corrected chi connectivity index (χ3v) is 4.66. The van der Waals surface area contributed by atoms with E-state index in [0.717, 1.165) is 12.0 Å². The number of hydrogen-bond donors (Lipinski definition) is 1. The summed E-state index contributed by atoms with van der Waals surface area (Å²) in [7, 11) is 0. The highest BCUT2D eigenvalue weighted by Crippen LogP contribution is 2.48. The van der Waals surface area contributed by atoms with Gasteiger partial charge < -0.3 is 10.6 Å². The average molecular weight is 293 g/mol. The second kappa shape index (κ2) is 4.77. The van der Waals surface area contributed by atoms with Crippen LogP contribution in [0.3, 0.4) is 0 Å². The molecule has 0 radical (unpaired) electrons. The van der Waals surface area contributed by atoms with E-state index in [-0.39, 0.29) is 5.91 Å². The summed E-state index contributed by atoms with van der Waals surface area (Å²) >= 11 is 6.00. The monoisotopic (exact) mass is 292 g/mol. The molecule has 3 rings (SSSR count). The Morgan fingerprint density at radius 1 is 1.35 bits per heavy atom. The highest BCUT2D eigenvalue weighted by Gasteiger charge is 2.57. The maximum atomic E-state index is 12.4. The van der Waals surface area contributed by atoms with Crippen LogP contribution in [-0.4, -0.2) is 29.8 Å². The lowest BCUT2D eigenvalue weighted by Gasteiger charge is -2.21. The zero-order valence-electron chi connectivity index (χ0n) is 11.1. The fraction of sp³-hybridized carbons (Fsp3) is 0.467. The molecule has 1 aliphatic carbocycles. The minimum atomic E-state index is -0.900. The Bertz CT molecular complexity index is 569. The number of rotatable bonds is 3. The molecule has 2 N–H and O–H groups in total. The predicted octanol–water partition coefficient (Wildman–Crippen LogP) is 1.92. The molecule has 1 aliphatic heterocycles. The van der Waals surface area contributed by atoms with E-state index in [9.17, 15) is 9.59 Å². The van der Waals surface area contributed by atoms with Crippen LogP contribution in [0.15, 0.2) is 24.3 Å². The van der Waals surface area contributed by atoms with Crippen molar-refractivity contribution in [3.63, 3.8) is 0 Å². The zero-order chi connectivity index (χ0) is 14.3. The number of amides is 2. The van der Waals surface area contributed by atoms with Crippen LogP contribution >= 0.6 is 11.6 Å². The van der Waals surface area contributed by atoms with Crippen molar-refractivity contribution in [3.8, 4) is 0 Å². The van der Waals surface area contributed by atoms with Gasteiger partial charge in [-0.25, -0.2) is 0 Å². The zero-order valence-corrected chi connectivity index (χ0v) is 11.9. The average Bonchev–Trinajstić information content (AvgIpc) is 3.09. The number of likely N-dealkylation sites (tertiary alicyclic amines) is 1. The number of benzene rings is 1. The highest BCUT2D eigenvalue weighted by molar-refractivity contribution is 6.30. The van der Waals surface area contributed by atoms with Gasteiger partial charge in [-0.2, -0.15) is 0 Å². The summed E-state index contributed by atoms with van der Waals surface area (Å²) in [5.74, 6) is -0.274. The SMILES string of the molecule is NC(=O)C1(C(=O)N2CC[C@H](c3cccc(Cl)c3)C2)CC1. The molecule has 4 nitrogen and oxygen atoms in total. The minimum Gasteiger partial charge on any atom is -0.369 e. The van der Waals surface area contributed by atoms with Crippen molar-refractivity contribution in [1.29, 1.82) is 0 Å². The molecule has 2 amide bonds. The second-order valence-electron chi connectivity index (χ2n) is 5.74. The smallest absolute Gasteiger partial charge is 0.238 e. The predicted molar refractivity (Wildman–Crippen MR) is 76.3 cm³/mol. The maximum Gasteiger partial charge on any atom is 0.238 e. The van der Waals surface area contributed by atoms with E-state index in [1.165, 1.54) is 0 Å². The molecule has 1 heterocycles. The van der Waals surface area contributed by atoms with Gasteiger partial charge in [0.25, 0.3) is 0 Å². The lowest BCUT2D eigenvalue weighted by molar-refractivity contribution is -0.142. The van der Waals surface area contributed by atoms with Crippen LogP contribution in [0.25, 0.3) is 0 Å². The summed E-state index contributed by atoms with van der Waals surface area (Å²) < 4.78 is 0. The first-order valence-corrected chi connectivity index (χ1v) is 7.25. The van der Waals surface area contributed by atoms with Crippen LogP contribution in [0.5, 0.6) is 0 Å². The topological polar surface area (TPSA) is 63.4 Å². The van der Waals surface area contributed by atoms with E-state index in [1.54, 1.807) is 4.90 Å². The maximum absolute atomic E-state index is 12.4. The van der Waals surface area contributed by atoms with E-state index in [0.29, 0.717) is 36.9 Å². The number of nitrogens with two attached hydrogens (primary N) is 1. The lowest BCUT2D eigenvalue weighted by atomic mass is 9.98. The first-order valence-electron chi connectivity index (χ1n) is 6.88. The molecule has 1 atom stereocenters. The summed E-state index contributed by atoms with van der Waals surface area (Å²) in [6.07, 6.45) is 2.10. The van der Waals surface area contributed by atoms with E-state index < -0.39 is 11.3 Å². The van der Waals surface area contributed by atoms with Gasteiger partial charge in [-0.1, -0.05) is 23.7 Å². The van der Waals surface area contributed by atoms with Gasteiger partial charge in [-0.05, 0) is 37.0 Å². The summed E-state index contributed by atoms with van der Waals surface area (Å²) in [5.41, 5.74) is 5.61. The Morgan fingerprint density at radius 2 is 2.10 bits per heavy atom. The third kappa shape index (κ3) is 2.18. The van der Waals surface area contributed by atoms with Crippen molar-refractivity contribution in [2.75, 3.05) is 13.1 Å². The van der Waals surface area contributed by atoms with Crippen LogP contribution in [0.4, 0.5) is 0 Å². The number of carbonyl (C=O) groups excluding carboxylic acids is 2. The molecule has 1 saturated carbocycles. The Hall–Kier alpha value is -1.55. The minimum absolute atomic E-state index is 0.0884.